The van der Waals surface area contributed by atoms with Crippen molar-refractivity contribution in [3.63, 3.8) is 0 Å². The van der Waals surface area contributed by atoms with Crippen LogP contribution in [0.4, 0.5) is 0 Å². The van der Waals surface area contributed by atoms with Crippen LogP contribution in [-0.2, 0) is 4.74 Å². The summed E-state index contributed by atoms with van der Waals surface area (Å²) in [5, 5.41) is 0. The molecule has 1 heterocycles. The molecule has 2 N–H and O–H groups in total. The lowest BCUT2D eigenvalue weighted by atomic mass is 10.1. The predicted molar refractivity (Wildman–Crippen MR) is 66.5 cm³/mol. The monoisotopic (exact) mass is 226 g/mol. The molecule has 3 atom stereocenters. The van der Waals surface area contributed by atoms with E-state index in [1.54, 1.807) is 0 Å². The maximum absolute atomic E-state index is 5.95. The van der Waals surface area contributed by atoms with Crippen LogP contribution in [0.1, 0.15) is 45.4 Å². The van der Waals surface area contributed by atoms with Crippen molar-refractivity contribution in [3.8, 4) is 0 Å². The van der Waals surface area contributed by atoms with Gasteiger partial charge in [-0.25, -0.2) is 0 Å². The summed E-state index contributed by atoms with van der Waals surface area (Å²) in [6, 6.07) is 1.12. The molecule has 2 aliphatic rings. The van der Waals surface area contributed by atoms with Crippen molar-refractivity contribution in [1.82, 2.24) is 4.90 Å². The van der Waals surface area contributed by atoms with Gasteiger partial charge in [0.1, 0.15) is 0 Å². The molecule has 1 aliphatic heterocycles. The SMILES string of the molecule is CCC(N)CCCN1CCOC2CCCC21. The van der Waals surface area contributed by atoms with Gasteiger partial charge in [0.25, 0.3) is 0 Å². The standard InChI is InChI=1S/C13H26N2O/c1-2-11(14)5-4-8-15-9-10-16-13-7-3-6-12(13)15/h11-13H,2-10,14H2,1H3. The molecule has 2 rings (SSSR count). The van der Waals surface area contributed by atoms with E-state index in [4.69, 9.17) is 10.5 Å². The van der Waals surface area contributed by atoms with Crippen molar-refractivity contribution in [2.45, 2.75) is 63.6 Å². The lowest BCUT2D eigenvalue weighted by Crippen LogP contribution is -2.48. The zero-order valence-electron chi connectivity index (χ0n) is 10.5. The zero-order chi connectivity index (χ0) is 11.4. The van der Waals surface area contributed by atoms with E-state index < -0.39 is 0 Å². The lowest BCUT2D eigenvalue weighted by molar-refractivity contribution is -0.0559. The Bertz CT molecular complexity index is 210. The fourth-order valence-electron chi connectivity index (χ4n) is 3.04. The molecule has 1 saturated carbocycles. The quantitative estimate of drug-likeness (QED) is 0.776. The van der Waals surface area contributed by atoms with Gasteiger partial charge in [0.15, 0.2) is 0 Å². The van der Waals surface area contributed by atoms with Gasteiger partial charge in [0, 0.05) is 18.6 Å². The highest BCUT2D eigenvalue weighted by atomic mass is 16.5. The van der Waals surface area contributed by atoms with Crippen LogP contribution < -0.4 is 5.73 Å². The van der Waals surface area contributed by atoms with Crippen LogP contribution in [0.2, 0.25) is 0 Å². The van der Waals surface area contributed by atoms with Crippen LogP contribution in [-0.4, -0.2) is 42.8 Å². The first-order valence-electron chi connectivity index (χ1n) is 6.92. The van der Waals surface area contributed by atoms with Gasteiger partial charge in [-0.05, 0) is 45.1 Å². The highest BCUT2D eigenvalue weighted by molar-refractivity contribution is 4.89. The summed E-state index contributed by atoms with van der Waals surface area (Å²) >= 11 is 0. The minimum absolute atomic E-state index is 0.403. The first-order valence-corrected chi connectivity index (χ1v) is 6.92. The number of ether oxygens (including phenoxy) is 1. The average Bonchev–Trinajstić information content (AvgIpc) is 2.77. The van der Waals surface area contributed by atoms with E-state index >= 15 is 0 Å². The van der Waals surface area contributed by atoms with E-state index in [1.165, 1.54) is 38.6 Å². The summed E-state index contributed by atoms with van der Waals surface area (Å²) in [7, 11) is 0. The van der Waals surface area contributed by atoms with Gasteiger partial charge in [-0.1, -0.05) is 6.92 Å². The molecule has 0 aromatic carbocycles. The van der Waals surface area contributed by atoms with E-state index in [2.05, 4.69) is 11.8 Å². The second-order valence-electron chi connectivity index (χ2n) is 5.25. The maximum atomic E-state index is 5.95. The average molecular weight is 226 g/mol. The molecular weight excluding hydrogens is 200 g/mol. The van der Waals surface area contributed by atoms with Crippen molar-refractivity contribution in [2.75, 3.05) is 19.7 Å². The molecule has 0 spiro atoms. The van der Waals surface area contributed by atoms with Crippen LogP contribution in [0.15, 0.2) is 0 Å². The van der Waals surface area contributed by atoms with Gasteiger partial charge in [0.2, 0.25) is 0 Å². The van der Waals surface area contributed by atoms with Gasteiger partial charge in [0.05, 0.1) is 12.7 Å². The zero-order valence-corrected chi connectivity index (χ0v) is 10.5. The Hall–Kier alpha value is -0.120. The van der Waals surface area contributed by atoms with Gasteiger partial charge in [-0.2, -0.15) is 0 Å². The Morgan fingerprint density at radius 3 is 3.12 bits per heavy atom. The minimum Gasteiger partial charge on any atom is -0.375 e. The van der Waals surface area contributed by atoms with Crippen molar-refractivity contribution in [3.05, 3.63) is 0 Å². The number of nitrogens with two attached hydrogens (primary N) is 1. The molecule has 3 unspecified atom stereocenters. The first-order chi connectivity index (χ1) is 7.81. The van der Waals surface area contributed by atoms with Gasteiger partial charge in [-0.15, -0.1) is 0 Å². The van der Waals surface area contributed by atoms with Crippen LogP contribution in [0, 0.1) is 0 Å². The molecule has 1 saturated heterocycles. The molecule has 2 fully saturated rings. The number of nitrogens with zero attached hydrogens (tertiary/aromatic N) is 1. The molecule has 0 aromatic rings. The predicted octanol–water partition coefficient (Wildman–Crippen LogP) is 1.76. The highest BCUT2D eigenvalue weighted by Gasteiger charge is 2.35. The van der Waals surface area contributed by atoms with Crippen molar-refractivity contribution < 1.29 is 4.74 Å². The van der Waals surface area contributed by atoms with Crippen LogP contribution >= 0.6 is 0 Å². The van der Waals surface area contributed by atoms with Gasteiger partial charge >= 0.3 is 0 Å². The van der Waals surface area contributed by atoms with E-state index in [-0.39, 0.29) is 0 Å². The lowest BCUT2D eigenvalue weighted by Gasteiger charge is -2.37. The third-order valence-corrected chi connectivity index (χ3v) is 4.14. The third-order valence-electron chi connectivity index (χ3n) is 4.14. The van der Waals surface area contributed by atoms with Crippen molar-refractivity contribution >= 4 is 0 Å². The fourth-order valence-corrected chi connectivity index (χ4v) is 3.04. The highest BCUT2D eigenvalue weighted by Crippen LogP contribution is 2.29. The summed E-state index contributed by atoms with van der Waals surface area (Å²) < 4.78 is 5.81. The molecule has 3 nitrogen and oxygen atoms in total. The Labute approximate surface area is 99.3 Å². The van der Waals surface area contributed by atoms with Gasteiger partial charge in [-0.3, -0.25) is 4.90 Å². The number of hydrogen-bond donors (Lipinski definition) is 1. The Kier molecular flexibility index (Phi) is 4.62. The van der Waals surface area contributed by atoms with Crippen LogP contribution in [0.25, 0.3) is 0 Å². The fraction of sp³-hybridized carbons (Fsp3) is 1.00. The smallest absolute Gasteiger partial charge is 0.0730 e. The first kappa shape index (κ1) is 12.3. The summed E-state index contributed by atoms with van der Waals surface area (Å²) in [6.07, 6.45) is 8.02. The number of morpholine rings is 1. The third kappa shape index (κ3) is 2.96. The molecule has 0 amide bonds. The summed E-state index contributed by atoms with van der Waals surface area (Å²) in [6.45, 7) is 5.45. The second kappa shape index (κ2) is 5.99. The van der Waals surface area contributed by atoms with E-state index in [9.17, 15) is 0 Å². The summed E-state index contributed by atoms with van der Waals surface area (Å²) in [5.41, 5.74) is 5.95. The largest absolute Gasteiger partial charge is 0.375 e. The summed E-state index contributed by atoms with van der Waals surface area (Å²) in [4.78, 5) is 2.64. The molecule has 94 valence electrons. The summed E-state index contributed by atoms with van der Waals surface area (Å²) in [5.74, 6) is 0. The van der Waals surface area contributed by atoms with E-state index in [1.807, 2.05) is 0 Å². The Balaban J connectivity index is 1.71. The molecule has 0 aromatic heterocycles. The maximum Gasteiger partial charge on any atom is 0.0730 e. The van der Waals surface area contributed by atoms with Crippen molar-refractivity contribution in [2.24, 2.45) is 5.73 Å². The number of rotatable bonds is 5. The number of hydrogen-bond acceptors (Lipinski definition) is 3. The molecule has 16 heavy (non-hydrogen) atoms. The van der Waals surface area contributed by atoms with Gasteiger partial charge < -0.3 is 10.5 Å². The molecule has 0 radical (unpaired) electrons. The molecule has 3 heteroatoms. The van der Waals surface area contributed by atoms with E-state index in [0.29, 0.717) is 18.2 Å². The molecule has 0 bridgehead atoms. The topological polar surface area (TPSA) is 38.5 Å². The minimum atomic E-state index is 0.403. The van der Waals surface area contributed by atoms with Crippen molar-refractivity contribution in [1.29, 1.82) is 0 Å². The second-order valence-corrected chi connectivity index (χ2v) is 5.25. The normalized spacial score (nSPS) is 32.6. The Morgan fingerprint density at radius 2 is 2.31 bits per heavy atom. The van der Waals surface area contributed by atoms with E-state index in [0.717, 1.165) is 19.6 Å². The molecule has 1 aliphatic carbocycles. The Morgan fingerprint density at radius 1 is 1.44 bits per heavy atom. The number of fused-ring (bicyclic) bond motifs is 1. The van der Waals surface area contributed by atoms with Crippen LogP contribution in [0.5, 0.6) is 0 Å². The molecular formula is C13H26N2O. The van der Waals surface area contributed by atoms with Crippen LogP contribution in [0.3, 0.4) is 0 Å².